The normalized spacial score (nSPS) is 12.9. The second kappa shape index (κ2) is 5.70. The smallest absolute Gasteiger partial charge is 0.254 e. The zero-order chi connectivity index (χ0) is 13.0. The monoisotopic (exact) mass is 242 g/mol. The van der Waals surface area contributed by atoms with Crippen molar-refractivity contribution >= 4 is 5.91 Å². The fraction of sp³-hybridized carbons (Fsp3) is 0.400. The molecule has 0 saturated carbocycles. The topological polar surface area (TPSA) is 32.3 Å². The van der Waals surface area contributed by atoms with Crippen LogP contribution in [0.2, 0.25) is 0 Å². The molecule has 0 bridgehead atoms. The Labute approximate surface area is 108 Å². The van der Waals surface area contributed by atoms with E-state index in [9.17, 15) is 4.79 Å². The lowest BCUT2D eigenvalue weighted by Crippen LogP contribution is -2.32. The Morgan fingerprint density at radius 3 is 2.94 bits per heavy atom. The molecule has 2 rings (SSSR count). The third-order valence-corrected chi connectivity index (χ3v) is 3.15. The molecule has 1 N–H and O–H groups in total. The first-order valence-corrected chi connectivity index (χ1v) is 6.31. The molecule has 0 aromatic heterocycles. The molecule has 0 spiro atoms. The van der Waals surface area contributed by atoms with Gasteiger partial charge in [0.1, 0.15) is 0 Å². The minimum atomic E-state index is 0.0319. The Morgan fingerprint density at radius 1 is 1.44 bits per heavy atom. The lowest BCUT2D eigenvalue weighted by molar-refractivity contribution is 0.0777. The number of carbonyl (C=O) groups excluding carboxylic acids is 1. The highest BCUT2D eigenvalue weighted by atomic mass is 16.2. The van der Waals surface area contributed by atoms with Crippen LogP contribution >= 0.6 is 0 Å². The van der Waals surface area contributed by atoms with Crippen LogP contribution in [0.3, 0.4) is 0 Å². The Morgan fingerprint density at radius 2 is 2.22 bits per heavy atom. The highest BCUT2D eigenvalue weighted by Crippen LogP contribution is 2.18. The van der Waals surface area contributed by atoms with E-state index in [4.69, 9.17) is 6.42 Å². The Bertz CT molecular complexity index is 488. The molecule has 0 atom stereocenters. The number of terminal acetylenes is 1. The predicted octanol–water partition coefficient (Wildman–Crippen LogP) is 1.78. The number of hydrogen-bond acceptors (Lipinski definition) is 2. The summed E-state index contributed by atoms with van der Waals surface area (Å²) in [4.78, 5) is 14.1. The van der Waals surface area contributed by atoms with Crippen molar-refractivity contribution in [2.45, 2.75) is 26.4 Å². The first-order chi connectivity index (χ1) is 8.76. The summed E-state index contributed by atoms with van der Waals surface area (Å²) >= 11 is 0. The Kier molecular flexibility index (Phi) is 4.01. The van der Waals surface area contributed by atoms with Gasteiger partial charge < -0.3 is 10.2 Å². The molecule has 1 amide bonds. The van der Waals surface area contributed by atoms with Gasteiger partial charge in [0, 0.05) is 25.2 Å². The summed E-state index contributed by atoms with van der Waals surface area (Å²) in [7, 11) is 0. The quantitative estimate of drug-likeness (QED) is 0.816. The van der Waals surface area contributed by atoms with E-state index in [0.717, 1.165) is 25.1 Å². The highest BCUT2D eigenvalue weighted by molar-refractivity contribution is 5.94. The number of carbonyl (C=O) groups is 1. The summed E-state index contributed by atoms with van der Waals surface area (Å²) in [5, 5.41) is 3.28. The summed E-state index contributed by atoms with van der Waals surface area (Å²) in [5.74, 6) is 2.58. The summed E-state index contributed by atoms with van der Waals surface area (Å²) < 4.78 is 0. The second-order valence-electron chi connectivity index (χ2n) is 4.52. The minimum absolute atomic E-state index is 0.0319. The van der Waals surface area contributed by atoms with Gasteiger partial charge in [0.25, 0.3) is 5.91 Å². The van der Waals surface area contributed by atoms with Gasteiger partial charge in [-0.05, 0) is 29.7 Å². The van der Waals surface area contributed by atoms with E-state index in [1.807, 2.05) is 25.1 Å². The van der Waals surface area contributed by atoms with Gasteiger partial charge in [-0.25, -0.2) is 0 Å². The lowest BCUT2D eigenvalue weighted by Gasteiger charge is -2.19. The van der Waals surface area contributed by atoms with Crippen LogP contribution in [0.1, 0.15) is 34.8 Å². The van der Waals surface area contributed by atoms with Crippen molar-refractivity contribution in [2.24, 2.45) is 0 Å². The van der Waals surface area contributed by atoms with Crippen LogP contribution in [-0.2, 0) is 13.1 Å². The maximum absolute atomic E-state index is 12.3. The van der Waals surface area contributed by atoms with Gasteiger partial charge in [-0.3, -0.25) is 4.79 Å². The van der Waals surface area contributed by atoms with Crippen molar-refractivity contribution < 1.29 is 4.79 Å². The van der Waals surface area contributed by atoms with E-state index < -0.39 is 0 Å². The van der Waals surface area contributed by atoms with Crippen LogP contribution in [0.15, 0.2) is 18.2 Å². The Balaban J connectivity index is 2.19. The maximum atomic E-state index is 12.3. The van der Waals surface area contributed by atoms with Crippen molar-refractivity contribution in [3.63, 3.8) is 0 Å². The number of nitrogens with zero attached hydrogens (tertiary/aromatic N) is 1. The summed E-state index contributed by atoms with van der Waals surface area (Å²) in [6.07, 6.45) is 6.23. The number of hydrogen-bond donors (Lipinski definition) is 1. The molecule has 1 aliphatic heterocycles. The van der Waals surface area contributed by atoms with Crippen molar-refractivity contribution in [2.75, 3.05) is 13.1 Å². The Hall–Kier alpha value is -1.79. The fourth-order valence-corrected chi connectivity index (χ4v) is 2.24. The molecule has 94 valence electrons. The largest absolute Gasteiger partial charge is 0.328 e. The molecule has 0 unspecified atom stereocenters. The zero-order valence-electron chi connectivity index (χ0n) is 10.7. The molecule has 1 heterocycles. The van der Waals surface area contributed by atoms with Gasteiger partial charge in [-0.1, -0.05) is 18.9 Å². The average molecular weight is 242 g/mol. The van der Waals surface area contributed by atoms with E-state index in [0.29, 0.717) is 13.1 Å². The molecule has 0 fully saturated rings. The summed E-state index contributed by atoms with van der Waals surface area (Å²) in [5.41, 5.74) is 3.24. The highest BCUT2D eigenvalue weighted by Gasteiger charge is 2.17. The van der Waals surface area contributed by atoms with Crippen LogP contribution in [0.25, 0.3) is 0 Å². The molecule has 0 saturated heterocycles. The van der Waals surface area contributed by atoms with E-state index >= 15 is 0 Å². The van der Waals surface area contributed by atoms with Gasteiger partial charge in [0.2, 0.25) is 0 Å². The number of fused-ring (bicyclic) bond motifs is 1. The number of rotatable bonds is 4. The first-order valence-electron chi connectivity index (χ1n) is 6.31. The molecule has 1 aromatic rings. The van der Waals surface area contributed by atoms with Gasteiger partial charge in [-0.15, -0.1) is 6.42 Å². The summed E-state index contributed by atoms with van der Waals surface area (Å²) in [6, 6.07) is 5.91. The molecule has 18 heavy (non-hydrogen) atoms. The standard InChI is InChI=1S/C15H18N2O/c1-3-7-17(8-4-2)15(18)12-5-6-13-10-16-11-14(13)9-12/h1,5-6,9,16H,4,7-8,10-11H2,2H3. The van der Waals surface area contributed by atoms with Crippen molar-refractivity contribution in [1.82, 2.24) is 10.2 Å². The van der Waals surface area contributed by atoms with Gasteiger partial charge >= 0.3 is 0 Å². The second-order valence-corrected chi connectivity index (χ2v) is 4.52. The molecule has 0 aliphatic carbocycles. The third kappa shape index (κ3) is 2.55. The molecule has 1 aromatic carbocycles. The van der Waals surface area contributed by atoms with E-state index in [-0.39, 0.29) is 5.91 Å². The SMILES string of the molecule is C#CCN(CCC)C(=O)c1ccc2c(c1)CNC2. The lowest BCUT2D eigenvalue weighted by atomic mass is 10.1. The molecule has 0 radical (unpaired) electrons. The van der Waals surface area contributed by atoms with Crippen molar-refractivity contribution in [3.05, 3.63) is 34.9 Å². The summed E-state index contributed by atoms with van der Waals surface area (Å²) in [6.45, 7) is 4.87. The number of nitrogens with one attached hydrogen (secondary N) is 1. The third-order valence-electron chi connectivity index (χ3n) is 3.15. The first kappa shape index (κ1) is 12.7. The van der Waals surface area contributed by atoms with Crippen molar-refractivity contribution in [1.29, 1.82) is 0 Å². The number of amides is 1. The van der Waals surface area contributed by atoms with Crippen LogP contribution in [-0.4, -0.2) is 23.9 Å². The minimum Gasteiger partial charge on any atom is -0.328 e. The zero-order valence-corrected chi connectivity index (χ0v) is 10.7. The molecular weight excluding hydrogens is 224 g/mol. The van der Waals surface area contributed by atoms with Crippen LogP contribution in [0, 0.1) is 12.3 Å². The van der Waals surface area contributed by atoms with Crippen molar-refractivity contribution in [3.8, 4) is 12.3 Å². The van der Waals surface area contributed by atoms with Gasteiger partial charge in [0.15, 0.2) is 0 Å². The fourth-order valence-electron chi connectivity index (χ4n) is 2.24. The van der Waals surface area contributed by atoms with E-state index in [1.165, 1.54) is 11.1 Å². The van der Waals surface area contributed by atoms with E-state index in [2.05, 4.69) is 11.2 Å². The molecule has 1 aliphatic rings. The van der Waals surface area contributed by atoms with Gasteiger partial charge in [-0.2, -0.15) is 0 Å². The number of benzene rings is 1. The van der Waals surface area contributed by atoms with Crippen LogP contribution in [0.5, 0.6) is 0 Å². The van der Waals surface area contributed by atoms with Crippen LogP contribution < -0.4 is 5.32 Å². The average Bonchev–Trinajstić information content (AvgIpc) is 2.84. The maximum Gasteiger partial charge on any atom is 0.254 e. The molecule has 3 nitrogen and oxygen atoms in total. The van der Waals surface area contributed by atoms with Crippen LogP contribution in [0.4, 0.5) is 0 Å². The van der Waals surface area contributed by atoms with Gasteiger partial charge in [0.05, 0.1) is 6.54 Å². The predicted molar refractivity (Wildman–Crippen MR) is 72.0 cm³/mol. The van der Waals surface area contributed by atoms with E-state index in [1.54, 1.807) is 4.90 Å². The molecule has 3 heteroatoms. The molecular formula is C15H18N2O.